The van der Waals surface area contributed by atoms with Gasteiger partial charge in [-0.15, -0.1) is 0 Å². The van der Waals surface area contributed by atoms with E-state index in [2.05, 4.69) is 0 Å². The van der Waals surface area contributed by atoms with Crippen molar-refractivity contribution in [2.75, 3.05) is 25.0 Å². The Bertz CT molecular complexity index is 1510. The van der Waals surface area contributed by atoms with Crippen molar-refractivity contribution < 1.29 is 36.6 Å². The molecular formula is C29H29F5N4O4S. The van der Waals surface area contributed by atoms with Crippen LogP contribution in [0.2, 0.25) is 0 Å². The summed E-state index contributed by atoms with van der Waals surface area (Å²) < 4.78 is 61.6. The number of rotatable bonds is 7. The van der Waals surface area contributed by atoms with Crippen LogP contribution in [0.5, 0.6) is 0 Å². The van der Waals surface area contributed by atoms with Crippen LogP contribution in [-0.2, 0) is 22.6 Å². The molecule has 2 aliphatic rings. The summed E-state index contributed by atoms with van der Waals surface area (Å²) in [5.41, 5.74) is 1.75. The van der Waals surface area contributed by atoms with Crippen molar-refractivity contribution in [2.24, 2.45) is 0 Å². The minimum atomic E-state index is -5.08. The van der Waals surface area contributed by atoms with Crippen LogP contribution in [0.1, 0.15) is 36.9 Å². The first-order valence-electron chi connectivity index (χ1n) is 13.5. The molecule has 1 aliphatic heterocycles. The van der Waals surface area contributed by atoms with Gasteiger partial charge in [0.15, 0.2) is 5.16 Å². The van der Waals surface area contributed by atoms with E-state index in [1.165, 1.54) is 29.5 Å². The molecule has 1 aromatic heterocycles. The number of nitrogens with zero attached hydrogens (tertiary/aromatic N) is 4. The molecule has 5 rings (SSSR count). The minimum Gasteiger partial charge on any atom is -0.475 e. The molecule has 0 bridgehead atoms. The summed E-state index contributed by atoms with van der Waals surface area (Å²) in [4.78, 5) is 43.6. The molecular weight excluding hydrogens is 595 g/mol. The fourth-order valence-electron chi connectivity index (χ4n) is 4.58. The van der Waals surface area contributed by atoms with Crippen LogP contribution in [0.4, 0.5) is 27.6 Å². The molecule has 1 fully saturated rings. The molecule has 3 aromatic rings. The summed E-state index contributed by atoms with van der Waals surface area (Å²) >= 11 is 1.66. The summed E-state index contributed by atoms with van der Waals surface area (Å²) in [6, 6.07) is 13.2. The topological polar surface area (TPSA) is 95.7 Å². The van der Waals surface area contributed by atoms with Crippen molar-refractivity contribution in [3.05, 3.63) is 81.8 Å². The lowest BCUT2D eigenvalue weighted by atomic mass is 10.0. The Morgan fingerprint density at radius 1 is 1.07 bits per heavy atom. The fourth-order valence-corrected chi connectivity index (χ4v) is 5.90. The highest BCUT2D eigenvalue weighted by Gasteiger charge is 2.38. The molecule has 1 saturated carbocycles. The minimum absolute atomic E-state index is 0.0789. The predicted octanol–water partition coefficient (Wildman–Crippen LogP) is 5.20. The number of carbonyl (C=O) groups excluding carboxylic acids is 1. The lowest BCUT2D eigenvalue weighted by Crippen LogP contribution is -2.42. The summed E-state index contributed by atoms with van der Waals surface area (Å²) in [5, 5.41) is 8.31. The van der Waals surface area contributed by atoms with Gasteiger partial charge in [-0.1, -0.05) is 42.4 Å². The largest absolute Gasteiger partial charge is 0.490 e. The number of para-hydroxylation sites is 2. The number of aliphatic carboxylic acids is 1. The maximum absolute atomic E-state index is 14.1. The molecule has 0 saturated heterocycles. The third-order valence-electron chi connectivity index (χ3n) is 7.11. The number of anilines is 1. The Morgan fingerprint density at radius 3 is 2.26 bits per heavy atom. The molecule has 1 aliphatic carbocycles. The standard InChI is InChI=1S/C27H28F2N4O2S.C2HF3O2/c1-31(25-21(28)11-6-12-22(25)29)15-14-24(34)32-16-13-23-20(17-32)26(35)33(18-7-3-2-4-8-18)27(30-23)36-19-9-5-10-19;3-2(4,5)1(6)7/h2-4,6-8,11-12,19H,5,9-10,13-17H2,1H3;(H,6,7). The highest BCUT2D eigenvalue weighted by Crippen LogP contribution is 2.36. The van der Waals surface area contributed by atoms with Crippen LogP contribution in [0.15, 0.2) is 58.5 Å². The van der Waals surface area contributed by atoms with E-state index in [0.717, 1.165) is 24.2 Å². The van der Waals surface area contributed by atoms with Crippen molar-refractivity contribution in [3.8, 4) is 5.69 Å². The second-order valence-corrected chi connectivity index (χ2v) is 11.3. The Kier molecular flexibility index (Phi) is 10.1. The van der Waals surface area contributed by atoms with Gasteiger partial charge < -0.3 is 14.9 Å². The monoisotopic (exact) mass is 624 g/mol. The number of benzene rings is 2. The second kappa shape index (κ2) is 13.6. The summed E-state index contributed by atoms with van der Waals surface area (Å²) in [6.45, 7) is 0.793. The summed E-state index contributed by atoms with van der Waals surface area (Å²) in [7, 11) is 1.56. The third kappa shape index (κ3) is 7.72. The molecule has 8 nitrogen and oxygen atoms in total. The van der Waals surface area contributed by atoms with E-state index >= 15 is 0 Å². The van der Waals surface area contributed by atoms with Crippen LogP contribution in [0.25, 0.3) is 5.69 Å². The zero-order valence-electron chi connectivity index (χ0n) is 23.1. The van der Waals surface area contributed by atoms with Crippen LogP contribution < -0.4 is 10.5 Å². The van der Waals surface area contributed by atoms with Gasteiger partial charge in [-0.05, 0) is 37.1 Å². The number of fused-ring (bicyclic) bond motifs is 1. The molecule has 1 amide bonds. The number of halogens is 5. The quantitative estimate of drug-likeness (QED) is 0.285. The molecule has 14 heteroatoms. The van der Waals surface area contributed by atoms with Gasteiger partial charge in [0.05, 0.1) is 23.5 Å². The normalized spacial score (nSPS) is 14.7. The van der Waals surface area contributed by atoms with Crippen molar-refractivity contribution in [1.29, 1.82) is 0 Å². The molecule has 230 valence electrons. The van der Waals surface area contributed by atoms with E-state index in [-0.39, 0.29) is 36.7 Å². The maximum Gasteiger partial charge on any atom is 0.490 e. The Balaban J connectivity index is 0.000000541. The van der Waals surface area contributed by atoms with Gasteiger partial charge in [0.25, 0.3) is 5.56 Å². The Hall–Kier alpha value is -3.94. The van der Waals surface area contributed by atoms with E-state index in [4.69, 9.17) is 14.9 Å². The van der Waals surface area contributed by atoms with E-state index in [1.807, 2.05) is 30.3 Å². The zero-order chi connectivity index (χ0) is 31.3. The van der Waals surface area contributed by atoms with Gasteiger partial charge in [-0.2, -0.15) is 13.2 Å². The van der Waals surface area contributed by atoms with Crippen molar-refractivity contribution >= 4 is 29.3 Å². The Labute approximate surface area is 248 Å². The highest BCUT2D eigenvalue weighted by atomic mass is 32.2. The fraction of sp³-hybridized carbons (Fsp3) is 0.379. The molecule has 0 atom stereocenters. The van der Waals surface area contributed by atoms with E-state index < -0.39 is 23.8 Å². The van der Waals surface area contributed by atoms with E-state index in [0.29, 0.717) is 28.9 Å². The average molecular weight is 625 g/mol. The van der Waals surface area contributed by atoms with Crippen LogP contribution in [0, 0.1) is 11.6 Å². The van der Waals surface area contributed by atoms with Gasteiger partial charge in [0, 0.05) is 38.2 Å². The smallest absolute Gasteiger partial charge is 0.475 e. The average Bonchev–Trinajstić information content (AvgIpc) is 2.94. The molecule has 2 aromatic carbocycles. The number of alkyl halides is 3. The number of amides is 1. The van der Waals surface area contributed by atoms with Gasteiger partial charge in [0.1, 0.15) is 17.3 Å². The molecule has 1 N–H and O–H groups in total. The number of hydrogen-bond acceptors (Lipinski definition) is 6. The zero-order valence-corrected chi connectivity index (χ0v) is 23.9. The van der Waals surface area contributed by atoms with Gasteiger partial charge >= 0.3 is 12.1 Å². The highest BCUT2D eigenvalue weighted by molar-refractivity contribution is 7.99. The lowest BCUT2D eigenvalue weighted by molar-refractivity contribution is -0.192. The molecule has 43 heavy (non-hydrogen) atoms. The Morgan fingerprint density at radius 2 is 1.70 bits per heavy atom. The summed E-state index contributed by atoms with van der Waals surface area (Å²) in [5.74, 6) is -4.25. The van der Waals surface area contributed by atoms with Crippen LogP contribution in [0.3, 0.4) is 0 Å². The SMILES string of the molecule is CN(CCC(=O)N1CCc2nc(SC3CCC3)n(-c3ccccc3)c(=O)c2C1)c1c(F)cccc1F.O=C(O)C(F)(F)F. The van der Waals surface area contributed by atoms with Crippen molar-refractivity contribution in [1.82, 2.24) is 14.5 Å². The molecule has 2 heterocycles. The van der Waals surface area contributed by atoms with Crippen LogP contribution >= 0.6 is 11.8 Å². The second-order valence-electron chi connectivity index (χ2n) is 10.1. The van der Waals surface area contributed by atoms with Gasteiger partial charge in [-0.3, -0.25) is 14.2 Å². The van der Waals surface area contributed by atoms with Crippen molar-refractivity contribution in [3.63, 3.8) is 0 Å². The number of thioether (sulfide) groups is 1. The number of hydrogen-bond donors (Lipinski definition) is 1. The third-order valence-corrected chi connectivity index (χ3v) is 8.40. The predicted molar refractivity (Wildman–Crippen MR) is 150 cm³/mol. The molecule has 0 unspecified atom stereocenters. The first-order valence-corrected chi connectivity index (χ1v) is 14.3. The number of carboxylic acid groups (broad SMARTS) is 1. The first kappa shape index (κ1) is 32.0. The van der Waals surface area contributed by atoms with Gasteiger partial charge in [0.2, 0.25) is 5.91 Å². The number of carbonyl (C=O) groups is 2. The number of aromatic nitrogens is 2. The van der Waals surface area contributed by atoms with Gasteiger partial charge in [-0.25, -0.2) is 18.6 Å². The maximum atomic E-state index is 14.1. The van der Waals surface area contributed by atoms with Crippen molar-refractivity contribution in [2.45, 2.75) is 55.2 Å². The molecule has 0 radical (unpaired) electrons. The van der Waals surface area contributed by atoms with Crippen LogP contribution in [-0.4, -0.2) is 63.0 Å². The van der Waals surface area contributed by atoms with E-state index in [1.54, 1.807) is 28.3 Å². The number of carboxylic acids is 1. The summed E-state index contributed by atoms with van der Waals surface area (Å²) in [6.07, 6.45) is -1.05. The lowest BCUT2D eigenvalue weighted by Gasteiger charge is -2.31. The van der Waals surface area contributed by atoms with E-state index in [9.17, 15) is 31.5 Å². The first-order chi connectivity index (χ1) is 20.4. The molecule has 0 spiro atoms.